The summed E-state index contributed by atoms with van der Waals surface area (Å²) in [6, 6.07) is 15.7. The number of anilines is 2. The summed E-state index contributed by atoms with van der Waals surface area (Å²) < 4.78 is 168. The maximum absolute atomic E-state index is 16.6. The van der Waals surface area contributed by atoms with Gasteiger partial charge in [0.05, 0.1) is 26.0 Å². The number of carboxylic acids is 1. The first kappa shape index (κ1) is 46.6. The average molecular weight is 962 g/mol. The Labute approximate surface area is 368 Å². The molecule has 5 aromatic rings. The molecule has 64 heavy (non-hydrogen) atoms. The predicted octanol–water partition coefficient (Wildman–Crippen LogP) is 6.68. The number of rotatable bonds is 11. The van der Waals surface area contributed by atoms with Crippen molar-refractivity contribution in [2.45, 2.75) is 71.7 Å². The third kappa shape index (κ3) is 8.36. The highest BCUT2D eigenvalue weighted by Gasteiger charge is 2.41. The number of nitrogens with zero attached hydrogens (tertiary/aromatic N) is 1. The number of carbonyl (C=O) groups is 1. The third-order valence-corrected chi connectivity index (χ3v) is 14.9. The molecule has 0 saturated heterocycles. The highest BCUT2D eigenvalue weighted by atomic mass is 32.2. The van der Waals surface area contributed by atoms with Gasteiger partial charge in [0.2, 0.25) is 5.36 Å². The van der Waals surface area contributed by atoms with Crippen molar-refractivity contribution < 1.29 is 66.4 Å². The molecule has 5 N–H and O–H groups in total. The summed E-state index contributed by atoms with van der Waals surface area (Å²) in [5.41, 5.74) is -0.827. The van der Waals surface area contributed by atoms with Gasteiger partial charge in [0, 0.05) is 53.4 Å². The minimum Gasteiger partial charge on any atom is -0.481 e. The standard InChI is InChI=1S/C43H36F4N2O11S4/c1-21-18-42(2,3)49(19-22-6-10-26(63(55,56)57)15-33(22)64(58,59)60)32-17-31-29(16-28(21)32)35(36-37(44)39(46)41(40(47)38(36)45)61-20-34(50)51)27-13-9-24(14-30(27)43(31,4)5)48-23-7-11-25(12-8-23)62(52,53)54/h6-18H,19-20H2,1-5H3,(H4,50,51,52,53,54,55,56,57,58,59,60)/p+1. The lowest BCUT2D eigenvalue weighted by molar-refractivity contribution is -0.133. The van der Waals surface area contributed by atoms with Crippen molar-refractivity contribution >= 4 is 70.6 Å². The van der Waals surface area contributed by atoms with Gasteiger partial charge in [-0.1, -0.05) is 19.9 Å². The average Bonchev–Trinajstić information content (AvgIpc) is 3.18. The van der Waals surface area contributed by atoms with Crippen LogP contribution in [0.2, 0.25) is 0 Å². The summed E-state index contributed by atoms with van der Waals surface area (Å²) >= 11 is 0.0625. The van der Waals surface area contributed by atoms with Gasteiger partial charge in [0.1, 0.15) is 4.90 Å². The summed E-state index contributed by atoms with van der Waals surface area (Å²) in [4.78, 5) is 8.12. The summed E-state index contributed by atoms with van der Waals surface area (Å²) in [5, 5.41) is 12.8. The number of thioether (sulfide) groups is 1. The molecule has 0 unspecified atom stereocenters. The largest absolute Gasteiger partial charge is 0.481 e. The molecule has 0 bridgehead atoms. The van der Waals surface area contributed by atoms with E-state index in [0.29, 0.717) is 45.1 Å². The van der Waals surface area contributed by atoms with Gasteiger partial charge in [-0.05, 0) is 101 Å². The summed E-state index contributed by atoms with van der Waals surface area (Å²) in [6.45, 7) is 8.59. The molecule has 13 nitrogen and oxygen atoms in total. The Bertz CT molecular complexity index is 3360. The summed E-state index contributed by atoms with van der Waals surface area (Å²) in [5.74, 6) is -9.61. The molecular weight excluding hydrogens is 925 g/mol. The van der Waals surface area contributed by atoms with Crippen LogP contribution in [-0.4, -0.2) is 61.3 Å². The van der Waals surface area contributed by atoms with Gasteiger partial charge in [0.25, 0.3) is 30.4 Å². The van der Waals surface area contributed by atoms with E-state index in [2.05, 4.69) is 5.32 Å². The van der Waals surface area contributed by atoms with E-state index in [1.165, 1.54) is 24.3 Å². The lowest BCUT2D eigenvalue weighted by atomic mass is 9.68. The van der Waals surface area contributed by atoms with E-state index in [-0.39, 0.29) is 45.1 Å². The van der Waals surface area contributed by atoms with E-state index in [4.69, 9.17) is 5.11 Å². The zero-order valence-electron chi connectivity index (χ0n) is 34.2. The molecule has 2 aliphatic rings. The van der Waals surface area contributed by atoms with Crippen molar-refractivity contribution in [1.82, 2.24) is 4.58 Å². The number of benzene rings is 5. The number of fused-ring (bicyclic) bond motifs is 3. The number of aliphatic carboxylic acids is 1. The first-order valence-electron chi connectivity index (χ1n) is 18.8. The molecule has 1 aliphatic heterocycles. The van der Waals surface area contributed by atoms with Crippen LogP contribution in [0.5, 0.6) is 0 Å². The highest BCUT2D eigenvalue weighted by Crippen LogP contribution is 2.44. The maximum atomic E-state index is 16.6. The minimum absolute atomic E-state index is 0.0625. The molecule has 336 valence electrons. The number of hydrogen-bond donors (Lipinski definition) is 5. The van der Waals surface area contributed by atoms with Gasteiger partial charge in [-0.3, -0.25) is 18.5 Å². The van der Waals surface area contributed by atoms with Gasteiger partial charge in [-0.15, -0.1) is 11.8 Å². The Kier molecular flexibility index (Phi) is 11.6. The van der Waals surface area contributed by atoms with Crippen molar-refractivity contribution in [2.75, 3.05) is 11.1 Å². The lowest BCUT2D eigenvalue weighted by Crippen LogP contribution is -2.50. The Morgan fingerprint density at radius 1 is 0.703 bits per heavy atom. The Hall–Kier alpha value is -5.42. The second kappa shape index (κ2) is 15.9. The van der Waals surface area contributed by atoms with E-state index >= 15 is 17.6 Å². The van der Waals surface area contributed by atoms with Gasteiger partial charge in [-0.25, -0.2) is 22.1 Å². The molecule has 5 aromatic carbocycles. The zero-order chi connectivity index (χ0) is 47.2. The van der Waals surface area contributed by atoms with Crippen LogP contribution < -0.4 is 20.5 Å². The Balaban J connectivity index is 1.56. The van der Waals surface area contributed by atoms with Crippen molar-refractivity contribution in [3.05, 3.63) is 146 Å². The molecule has 0 amide bonds. The Morgan fingerprint density at radius 2 is 1.28 bits per heavy atom. The van der Waals surface area contributed by atoms with Crippen LogP contribution in [0, 0.1) is 23.3 Å². The highest BCUT2D eigenvalue weighted by molar-refractivity contribution is 8.00. The lowest BCUT2D eigenvalue weighted by Gasteiger charge is -2.36. The normalized spacial score (nSPS) is 15.5. The molecular formula is C43H37F4N2O11S4+. The maximum Gasteiger partial charge on any atom is 0.313 e. The number of nitrogens with one attached hydrogen (secondary N) is 1. The molecule has 1 heterocycles. The topological polar surface area (TPSA) is 215 Å². The minimum atomic E-state index is -5.09. The van der Waals surface area contributed by atoms with E-state index in [1.54, 1.807) is 63.5 Å². The second-order valence-electron chi connectivity index (χ2n) is 16.2. The molecule has 0 aromatic heterocycles. The predicted molar refractivity (Wildman–Crippen MR) is 229 cm³/mol. The number of carboxylic acid groups (broad SMARTS) is 1. The third-order valence-electron chi connectivity index (χ3n) is 11.2. The van der Waals surface area contributed by atoms with Gasteiger partial charge in [-0.2, -0.15) is 25.3 Å². The van der Waals surface area contributed by atoms with Gasteiger partial charge < -0.3 is 10.4 Å². The Morgan fingerprint density at radius 3 is 1.84 bits per heavy atom. The molecule has 0 spiro atoms. The number of halogens is 4. The van der Waals surface area contributed by atoms with Crippen LogP contribution in [0.25, 0.3) is 11.1 Å². The fourth-order valence-corrected chi connectivity index (χ4v) is 10.8. The summed E-state index contributed by atoms with van der Waals surface area (Å²) in [7, 11) is -14.5. The first-order valence-corrected chi connectivity index (χ1v) is 24.1. The molecule has 0 fully saturated rings. The van der Waals surface area contributed by atoms with Crippen LogP contribution in [0.4, 0.5) is 28.9 Å². The second-order valence-corrected chi connectivity index (χ2v) is 21.4. The van der Waals surface area contributed by atoms with Crippen LogP contribution in [0.1, 0.15) is 68.0 Å². The molecule has 0 radical (unpaired) electrons. The van der Waals surface area contributed by atoms with Crippen molar-refractivity contribution in [1.29, 1.82) is 0 Å². The summed E-state index contributed by atoms with van der Waals surface area (Å²) in [6.07, 6.45) is 1.80. The van der Waals surface area contributed by atoms with E-state index in [0.717, 1.165) is 24.3 Å². The van der Waals surface area contributed by atoms with Crippen molar-refractivity contribution in [3.8, 4) is 0 Å². The molecule has 0 atom stereocenters. The van der Waals surface area contributed by atoms with E-state index in [9.17, 15) is 43.7 Å². The van der Waals surface area contributed by atoms with Crippen molar-refractivity contribution in [3.63, 3.8) is 0 Å². The zero-order valence-corrected chi connectivity index (χ0v) is 37.4. The van der Waals surface area contributed by atoms with Crippen LogP contribution >= 0.6 is 11.8 Å². The fourth-order valence-electron chi connectivity index (χ4n) is 8.26. The molecule has 0 saturated carbocycles. The number of allylic oxidation sites excluding steroid dienone is 1. The van der Waals surface area contributed by atoms with Gasteiger partial charge in [0.15, 0.2) is 35.4 Å². The molecule has 1 aliphatic carbocycles. The van der Waals surface area contributed by atoms with Crippen LogP contribution in [0.15, 0.2) is 98.5 Å². The first-order chi connectivity index (χ1) is 29.5. The van der Waals surface area contributed by atoms with E-state index < -0.39 is 96.5 Å². The smallest absolute Gasteiger partial charge is 0.313 e. The molecule has 21 heteroatoms. The van der Waals surface area contributed by atoms with Crippen LogP contribution in [0.3, 0.4) is 0 Å². The fraction of sp³-hybridized carbons (Fsp3) is 0.209. The number of hydrogen-bond acceptors (Lipinski definition) is 9. The SMILES string of the molecule is CC1=CC(C)(C)[N+](Cc2ccc(S(=O)(=O)O)cc2S(=O)(=O)O)=c2cc3c(cc21)=C(c1c(F)c(F)c(SCC(=O)O)c(F)c1F)c1ccc(Nc2ccc(S(=O)(=O)O)cc2)cc1C3(C)C. The van der Waals surface area contributed by atoms with E-state index in [1.807, 2.05) is 0 Å². The monoisotopic (exact) mass is 961 g/mol. The van der Waals surface area contributed by atoms with Gasteiger partial charge >= 0.3 is 5.97 Å². The van der Waals surface area contributed by atoms with Crippen LogP contribution in [-0.2, 0) is 47.1 Å². The molecule has 7 rings (SSSR count). The quantitative estimate of drug-likeness (QED) is 0.0308. The van der Waals surface area contributed by atoms with Crippen molar-refractivity contribution in [2.24, 2.45) is 0 Å².